The average Bonchev–Trinajstić information content (AvgIpc) is 2.90. The van der Waals surface area contributed by atoms with E-state index in [4.69, 9.17) is 5.73 Å². The molecule has 2 heterocycles. The number of aromatic hydroxyl groups is 1. The molecular formula is C19H20N4O6. The number of aryl methyl sites for hydroxylation is 2. The third kappa shape index (κ3) is 3.28. The molecule has 10 nitrogen and oxygen atoms in total. The molecule has 0 aliphatic heterocycles. The number of esters is 1. The van der Waals surface area contributed by atoms with Crippen molar-refractivity contribution < 1.29 is 19.4 Å². The van der Waals surface area contributed by atoms with Gasteiger partial charge in [-0.15, -0.1) is 0 Å². The number of ether oxygens (including phenoxy) is 1. The number of fused-ring (bicyclic) bond motifs is 1. The summed E-state index contributed by atoms with van der Waals surface area (Å²) in [6.07, 6.45) is 0.742. The molecule has 0 aliphatic rings. The summed E-state index contributed by atoms with van der Waals surface area (Å²) >= 11 is 0. The monoisotopic (exact) mass is 400 g/mol. The Morgan fingerprint density at radius 3 is 2.48 bits per heavy atom. The molecule has 0 fully saturated rings. The van der Waals surface area contributed by atoms with E-state index in [1.807, 2.05) is 0 Å². The van der Waals surface area contributed by atoms with Crippen LogP contribution >= 0.6 is 0 Å². The second kappa shape index (κ2) is 7.30. The molecule has 1 aromatic carbocycles. The fourth-order valence-electron chi connectivity index (χ4n) is 3.45. The highest BCUT2D eigenvalue weighted by Gasteiger charge is 2.28. The van der Waals surface area contributed by atoms with Crippen LogP contribution in [0.5, 0.6) is 5.75 Å². The number of carbonyl (C=O) groups excluding carboxylic acids is 2. The Labute approximate surface area is 164 Å². The van der Waals surface area contributed by atoms with Crippen LogP contribution in [0.4, 0.5) is 0 Å². The highest BCUT2D eigenvalue weighted by atomic mass is 16.5. The van der Waals surface area contributed by atoms with E-state index in [2.05, 4.69) is 9.72 Å². The highest BCUT2D eigenvalue weighted by molar-refractivity contribution is 5.92. The van der Waals surface area contributed by atoms with Crippen LogP contribution in [0.3, 0.4) is 0 Å². The van der Waals surface area contributed by atoms with E-state index in [0.29, 0.717) is 16.6 Å². The number of imidazole rings is 1. The predicted octanol–water partition coefficient (Wildman–Crippen LogP) is 0.0648. The first kappa shape index (κ1) is 19.9. The van der Waals surface area contributed by atoms with Crippen LogP contribution in [0.15, 0.2) is 34.0 Å². The van der Waals surface area contributed by atoms with Gasteiger partial charge >= 0.3 is 11.7 Å². The number of H-pyrrole nitrogens is 1. The van der Waals surface area contributed by atoms with Crippen molar-refractivity contribution in [1.29, 1.82) is 0 Å². The van der Waals surface area contributed by atoms with Gasteiger partial charge in [0.05, 0.1) is 23.7 Å². The van der Waals surface area contributed by atoms with Gasteiger partial charge in [-0.2, -0.15) is 0 Å². The minimum atomic E-state index is -0.944. The van der Waals surface area contributed by atoms with E-state index in [1.165, 1.54) is 9.13 Å². The zero-order valence-electron chi connectivity index (χ0n) is 16.1. The van der Waals surface area contributed by atoms with Gasteiger partial charge in [-0.05, 0) is 17.7 Å². The van der Waals surface area contributed by atoms with Gasteiger partial charge in [0, 0.05) is 32.6 Å². The Hall–Kier alpha value is -3.82. The molecule has 0 aliphatic carbocycles. The predicted molar refractivity (Wildman–Crippen MR) is 104 cm³/mol. The van der Waals surface area contributed by atoms with Gasteiger partial charge in [-0.25, -0.2) is 9.59 Å². The maximum atomic E-state index is 12.5. The number of carbonyl (C=O) groups is 2. The Morgan fingerprint density at radius 2 is 1.86 bits per heavy atom. The van der Waals surface area contributed by atoms with Crippen molar-refractivity contribution in [3.05, 3.63) is 61.9 Å². The Bertz CT molecular complexity index is 1250. The lowest BCUT2D eigenvalue weighted by Crippen LogP contribution is -2.24. The molecule has 10 heteroatoms. The molecule has 4 N–H and O–H groups in total. The minimum Gasteiger partial charge on any atom is -0.506 e. The number of primary amides is 1. The molecule has 0 bridgehead atoms. The van der Waals surface area contributed by atoms with Crippen LogP contribution < -0.4 is 17.0 Å². The number of hydrogen-bond acceptors (Lipinski definition) is 6. The first-order valence-electron chi connectivity index (χ1n) is 8.63. The van der Waals surface area contributed by atoms with Crippen LogP contribution in [0, 0.1) is 0 Å². The number of hydrogen-bond donors (Lipinski definition) is 3. The van der Waals surface area contributed by atoms with E-state index in [1.54, 1.807) is 32.3 Å². The van der Waals surface area contributed by atoms with Crippen LogP contribution in [-0.4, -0.2) is 38.2 Å². The molecule has 3 aromatic rings. The minimum absolute atomic E-state index is 0.188. The van der Waals surface area contributed by atoms with Crippen LogP contribution in [0.2, 0.25) is 0 Å². The summed E-state index contributed by atoms with van der Waals surface area (Å²) in [5.74, 6) is -3.09. The number of nitrogens with one attached hydrogen (secondary N) is 1. The van der Waals surface area contributed by atoms with Gasteiger partial charge in [0.2, 0.25) is 5.91 Å². The quantitative estimate of drug-likeness (QED) is 0.516. The SMILES string of the molecule is COC(=O)c1c[nH]c(=O)c(C(CC(N)=O)c2ccc3c(c2)n(C)c(=O)n3C)c1O. The normalized spacial score (nSPS) is 12.1. The molecule has 0 radical (unpaired) electrons. The maximum Gasteiger partial charge on any atom is 0.343 e. The number of pyridine rings is 1. The molecule has 29 heavy (non-hydrogen) atoms. The number of aromatic amines is 1. The molecule has 2 aromatic heterocycles. The van der Waals surface area contributed by atoms with E-state index in [9.17, 15) is 24.3 Å². The lowest BCUT2D eigenvalue weighted by atomic mass is 9.87. The number of nitrogens with zero attached hydrogens (tertiary/aromatic N) is 2. The summed E-state index contributed by atoms with van der Waals surface area (Å²) in [6, 6.07) is 4.96. The van der Waals surface area contributed by atoms with Gasteiger partial charge in [-0.3, -0.25) is 18.7 Å². The van der Waals surface area contributed by atoms with Gasteiger partial charge < -0.3 is 20.6 Å². The smallest absolute Gasteiger partial charge is 0.343 e. The fourth-order valence-corrected chi connectivity index (χ4v) is 3.45. The molecule has 0 saturated heterocycles. The van der Waals surface area contributed by atoms with Crippen LogP contribution in [0.25, 0.3) is 11.0 Å². The summed E-state index contributed by atoms with van der Waals surface area (Å²) in [4.78, 5) is 50.7. The van der Waals surface area contributed by atoms with Crippen molar-refractivity contribution in [3.63, 3.8) is 0 Å². The molecule has 152 valence electrons. The van der Waals surface area contributed by atoms with Crippen molar-refractivity contribution in [2.75, 3.05) is 7.11 Å². The van der Waals surface area contributed by atoms with Crippen molar-refractivity contribution in [1.82, 2.24) is 14.1 Å². The molecule has 1 unspecified atom stereocenters. The summed E-state index contributed by atoms with van der Waals surface area (Å²) in [5.41, 5.74) is 5.73. The largest absolute Gasteiger partial charge is 0.506 e. The highest BCUT2D eigenvalue weighted by Crippen LogP contribution is 2.34. The zero-order valence-corrected chi connectivity index (χ0v) is 16.1. The molecule has 0 spiro atoms. The van der Waals surface area contributed by atoms with Gasteiger partial charge in [0.1, 0.15) is 11.3 Å². The third-order valence-electron chi connectivity index (χ3n) is 4.96. The lowest BCUT2D eigenvalue weighted by molar-refractivity contribution is -0.118. The van der Waals surface area contributed by atoms with E-state index >= 15 is 0 Å². The summed E-state index contributed by atoms with van der Waals surface area (Å²) in [6.45, 7) is 0. The van der Waals surface area contributed by atoms with Crippen molar-refractivity contribution in [2.45, 2.75) is 12.3 Å². The Kier molecular flexibility index (Phi) is 5.02. The number of rotatable bonds is 5. The van der Waals surface area contributed by atoms with Crippen molar-refractivity contribution in [3.8, 4) is 5.75 Å². The number of methoxy groups -OCH3 is 1. The number of nitrogens with two attached hydrogens (primary N) is 1. The lowest BCUT2D eigenvalue weighted by Gasteiger charge is -2.18. The molecule has 1 atom stereocenters. The molecular weight excluding hydrogens is 380 g/mol. The summed E-state index contributed by atoms with van der Waals surface area (Å²) in [7, 11) is 4.36. The fraction of sp³-hybridized carbons (Fsp3) is 0.263. The number of amides is 1. The topological polar surface area (TPSA) is 149 Å². The second-order valence-electron chi connectivity index (χ2n) is 6.66. The van der Waals surface area contributed by atoms with Crippen LogP contribution in [0.1, 0.15) is 33.8 Å². The average molecular weight is 400 g/mol. The standard InChI is InChI=1S/C19H20N4O6/c1-22-12-5-4-9(6-13(12)23(2)19(22)28)10(7-14(20)24)15-16(25)11(18(27)29-3)8-21-17(15)26/h4-6,8,10H,7H2,1-3H3,(H2,20,24)(H2,21,25,26). The van der Waals surface area contributed by atoms with E-state index in [-0.39, 0.29) is 23.2 Å². The first-order chi connectivity index (χ1) is 13.7. The zero-order chi connectivity index (χ0) is 21.5. The maximum absolute atomic E-state index is 12.5. The van der Waals surface area contributed by atoms with Crippen LogP contribution in [-0.2, 0) is 23.6 Å². The molecule has 3 rings (SSSR count). The third-order valence-corrected chi connectivity index (χ3v) is 4.96. The van der Waals surface area contributed by atoms with Crippen molar-refractivity contribution in [2.24, 2.45) is 19.8 Å². The molecule has 1 amide bonds. The summed E-state index contributed by atoms with van der Waals surface area (Å²) < 4.78 is 7.50. The van der Waals surface area contributed by atoms with Crippen molar-refractivity contribution >= 4 is 22.9 Å². The van der Waals surface area contributed by atoms with E-state index in [0.717, 1.165) is 13.3 Å². The van der Waals surface area contributed by atoms with E-state index < -0.39 is 29.1 Å². The Morgan fingerprint density at radius 1 is 1.21 bits per heavy atom. The van der Waals surface area contributed by atoms with Gasteiger partial charge in [0.25, 0.3) is 5.56 Å². The second-order valence-corrected chi connectivity index (χ2v) is 6.66. The first-order valence-corrected chi connectivity index (χ1v) is 8.63. The molecule has 0 saturated carbocycles. The number of benzene rings is 1. The van der Waals surface area contributed by atoms with Gasteiger partial charge in [0.15, 0.2) is 0 Å². The van der Waals surface area contributed by atoms with Gasteiger partial charge in [-0.1, -0.05) is 6.07 Å². The Balaban J connectivity index is 2.28. The number of aromatic nitrogens is 3. The summed E-state index contributed by atoms with van der Waals surface area (Å²) in [5, 5.41) is 10.6.